The molecule has 0 aliphatic heterocycles. The summed E-state index contributed by atoms with van der Waals surface area (Å²) in [5.41, 5.74) is 5.50. The van der Waals surface area contributed by atoms with E-state index >= 15 is 0 Å². The molecular weight excluding hydrogens is 395 g/mol. The van der Waals surface area contributed by atoms with Gasteiger partial charge in [-0.05, 0) is 116 Å². The predicted octanol–water partition coefficient (Wildman–Crippen LogP) is 7.95. The predicted molar refractivity (Wildman–Crippen MR) is 132 cm³/mol. The van der Waals surface area contributed by atoms with Crippen molar-refractivity contribution in [2.45, 2.75) is 90.6 Å². The van der Waals surface area contributed by atoms with Gasteiger partial charge in [-0.15, -0.1) is 0 Å². The van der Waals surface area contributed by atoms with Crippen LogP contribution in [-0.4, -0.2) is 11.2 Å². The van der Waals surface area contributed by atoms with Crippen molar-refractivity contribution in [3.8, 4) is 0 Å². The zero-order chi connectivity index (χ0) is 22.7. The van der Waals surface area contributed by atoms with Crippen LogP contribution in [0.4, 0.5) is 4.39 Å². The van der Waals surface area contributed by atoms with Crippen molar-refractivity contribution in [3.05, 3.63) is 71.1 Å². The van der Waals surface area contributed by atoms with E-state index < -0.39 is 0 Å². The summed E-state index contributed by atoms with van der Waals surface area (Å²) in [7, 11) is 0. The second-order valence-corrected chi connectivity index (χ2v) is 11.0. The summed E-state index contributed by atoms with van der Waals surface area (Å²) in [6.45, 7) is 9.18. The van der Waals surface area contributed by atoms with Crippen LogP contribution in [0, 0.1) is 29.0 Å². The number of benzene rings is 1. The summed E-state index contributed by atoms with van der Waals surface area (Å²) in [4.78, 5) is 0. The van der Waals surface area contributed by atoms with Crippen molar-refractivity contribution < 1.29 is 9.50 Å². The fourth-order valence-electron chi connectivity index (χ4n) is 7.13. The van der Waals surface area contributed by atoms with Gasteiger partial charge in [0.2, 0.25) is 0 Å². The smallest absolute Gasteiger partial charge is 0.123 e. The normalized spacial score (nSPS) is 34.1. The number of hydrogen-bond acceptors (Lipinski definition) is 1. The number of aliphatic hydroxyl groups excluding tert-OH is 1. The fourth-order valence-corrected chi connectivity index (χ4v) is 7.13. The first-order valence-corrected chi connectivity index (χ1v) is 12.9. The maximum absolute atomic E-state index is 13.1. The summed E-state index contributed by atoms with van der Waals surface area (Å²) in [6, 6.07) is 7.02. The number of aryl methyl sites for hydroxylation is 1. The zero-order valence-electron chi connectivity index (χ0n) is 20.1. The minimum atomic E-state index is -0.350. The Hall–Kier alpha value is -1.67. The van der Waals surface area contributed by atoms with E-state index in [2.05, 4.69) is 32.6 Å². The molecule has 0 spiro atoms. The highest BCUT2D eigenvalue weighted by Crippen LogP contribution is 2.59. The first kappa shape index (κ1) is 23.5. The molecule has 5 atom stereocenters. The van der Waals surface area contributed by atoms with Crippen molar-refractivity contribution in [1.82, 2.24) is 0 Å². The highest BCUT2D eigenvalue weighted by atomic mass is 19.1. The highest BCUT2D eigenvalue weighted by Gasteiger charge is 2.50. The summed E-state index contributed by atoms with van der Waals surface area (Å²) in [5.74, 6) is 2.09. The average molecular weight is 437 g/mol. The zero-order valence-corrected chi connectivity index (χ0v) is 20.1. The van der Waals surface area contributed by atoms with Crippen LogP contribution in [0.2, 0.25) is 0 Å². The molecule has 3 aliphatic rings. The molecule has 0 saturated heterocycles. The van der Waals surface area contributed by atoms with Crippen LogP contribution in [0.15, 0.2) is 59.7 Å². The molecule has 3 aliphatic carbocycles. The molecule has 0 bridgehead atoms. The molecule has 1 aromatic carbocycles. The Balaban J connectivity index is 1.39. The van der Waals surface area contributed by atoms with Gasteiger partial charge in [-0.2, -0.15) is 0 Å². The molecule has 1 aromatic rings. The summed E-state index contributed by atoms with van der Waals surface area (Å²) >= 11 is 0. The fraction of sp³-hybridized carbons (Fsp3) is 0.600. The number of hydrogen-bond donors (Lipinski definition) is 1. The van der Waals surface area contributed by atoms with Gasteiger partial charge in [0.15, 0.2) is 0 Å². The van der Waals surface area contributed by atoms with Gasteiger partial charge in [-0.3, -0.25) is 0 Å². The van der Waals surface area contributed by atoms with Crippen LogP contribution in [0.25, 0.3) is 0 Å². The molecule has 0 amide bonds. The van der Waals surface area contributed by atoms with Gasteiger partial charge in [0.25, 0.3) is 0 Å². The minimum absolute atomic E-state index is 0.146. The molecular formula is C30H41FO. The molecule has 3 saturated carbocycles. The lowest BCUT2D eigenvalue weighted by atomic mass is 9.60. The van der Waals surface area contributed by atoms with Crippen LogP contribution < -0.4 is 0 Å². The lowest BCUT2D eigenvalue weighted by Crippen LogP contribution is -2.36. The summed E-state index contributed by atoms with van der Waals surface area (Å²) in [5, 5.41) is 10.2. The Bertz CT molecular complexity index is 863. The van der Waals surface area contributed by atoms with E-state index in [1.165, 1.54) is 56.1 Å². The highest BCUT2D eigenvalue weighted by molar-refractivity contribution is 5.37. The molecule has 0 heterocycles. The van der Waals surface area contributed by atoms with E-state index in [4.69, 9.17) is 0 Å². The van der Waals surface area contributed by atoms with Crippen molar-refractivity contribution in [2.24, 2.45) is 23.2 Å². The summed E-state index contributed by atoms with van der Waals surface area (Å²) < 4.78 is 13.1. The first-order valence-electron chi connectivity index (χ1n) is 12.9. The number of allylic oxidation sites excluding steroid dienone is 3. The number of aliphatic hydroxyl groups is 1. The Morgan fingerprint density at radius 3 is 2.69 bits per heavy atom. The van der Waals surface area contributed by atoms with E-state index in [0.717, 1.165) is 43.1 Å². The lowest BCUT2D eigenvalue weighted by molar-refractivity contribution is 0.0935. The molecule has 2 heteroatoms. The molecule has 32 heavy (non-hydrogen) atoms. The van der Waals surface area contributed by atoms with Crippen LogP contribution in [-0.2, 0) is 6.42 Å². The molecule has 4 rings (SSSR count). The van der Waals surface area contributed by atoms with E-state index in [1.807, 2.05) is 12.1 Å². The van der Waals surface area contributed by atoms with Gasteiger partial charge < -0.3 is 5.11 Å². The molecule has 1 N–H and O–H groups in total. The van der Waals surface area contributed by atoms with Gasteiger partial charge >= 0.3 is 0 Å². The molecule has 3 fully saturated rings. The summed E-state index contributed by atoms with van der Waals surface area (Å²) in [6.07, 6.45) is 17.3. The average Bonchev–Trinajstić information content (AvgIpc) is 3.14. The third kappa shape index (κ3) is 4.96. The van der Waals surface area contributed by atoms with E-state index in [0.29, 0.717) is 11.3 Å². The van der Waals surface area contributed by atoms with Gasteiger partial charge in [0.05, 0.1) is 6.10 Å². The van der Waals surface area contributed by atoms with E-state index in [1.54, 1.807) is 17.7 Å². The van der Waals surface area contributed by atoms with E-state index in [9.17, 15) is 9.50 Å². The molecule has 0 aromatic heterocycles. The van der Waals surface area contributed by atoms with Crippen LogP contribution in [0.5, 0.6) is 0 Å². The molecule has 174 valence electrons. The third-order valence-corrected chi connectivity index (χ3v) is 9.00. The topological polar surface area (TPSA) is 20.2 Å². The number of halogens is 1. The second-order valence-electron chi connectivity index (χ2n) is 11.0. The second kappa shape index (κ2) is 10.1. The van der Waals surface area contributed by atoms with Crippen LogP contribution in [0.3, 0.4) is 0 Å². The Morgan fingerprint density at radius 2 is 1.91 bits per heavy atom. The maximum Gasteiger partial charge on any atom is 0.123 e. The van der Waals surface area contributed by atoms with Crippen molar-refractivity contribution in [1.29, 1.82) is 0 Å². The first-order chi connectivity index (χ1) is 15.4. The quantitative estimate of drug-likeness (QED) is 0.479. The Labute approximate surface area is 194 Å². The van der Waals surface area contributed by atoms with Gasteiger partial charge in [0, 0.05) is 0 Å². The minimum Gasteiger partial charge on any atom is -0.388 e. The van der Waals surface area contributed by atoms with Crippen molar-refractivity contribution >= 4 is 0 Å². The van der Waals surface area contributed by atoms with E-state index in [-0.39, 0.29) is 11.9 Å². The number of fused-ring (bicyclic) bond motifs is 1. The maximum atomic E-state index is 13.1. The van der Waals surface area contributed by atoms with Gasteiger partial charge in [-0.25, -0.2) is 4.39 Å². The van der Waals surface area contributed by atoms with Crippen LogP contribution in [0.1, 0.15) is 83.6 Å². The largest absolute Gasteiger partial charge is 0.388 e. The molecule has 0 radical (unpaired) electrons. The molecule has 1 nitrogen and oxygen atoms in total. The van der Waals surface area contributed by atoms with Crippen molar-refractivity contribution in [2.75, 3.05) is 0 Å². The van der Waals surface area contributed by atoms with Gasteiger partial charge in [-0.1, -0.05) is 56.7 Å². The van der Waals surface area contributed by atoms with Crippen molar-refractivity contribution in [3.63, 3.8) is 0 Å². The monoisotopic (exact) mass is 436 g/mol. The Kier molecular flexibility index (Phi) is 7.40. The SMILES string of the molecule is C=C1/C(=C\C=C2/CCCC3(C)C2CCC3[C@H](C)CCCc2ccc(F)cc2)CCCC1O. The lowest BCUT2D eigenvalue weighted by Gasteiger charge is -2.44. The van der Waals surface area contributed by atoms with Crippen LogP contribution >= 0.6 is 0 Å². The third-order valence-electron chi connectivity index (χ3n) is 9.00. The molecule has 4 unspecified atom stereocenters. The van der Waals surface area contributed by atoms with Gasteiger partial charge in [0.1, 0.15) is 5.82 Å². The number of rotatable bonds is 6. The standard InChI is InChI=1S/C30H41FO/c1-21(7-4-8-23-12-16-26(31)17-13-23)27-18-19-28-25(10-6-20-30(27,28)3)15-14-24-9-5-11-29(32)22(24)2/h12-17,21,27-29,32H,2,4-11,18-20H2,1,3H3/b24-14-,25-15+/t21-,27?,28?,29?,30?/m1/s1. The Morgan fingerprint density at radius 1 is 1.12 bits per heavy atom.